The maximum absolute atomic E-state index is 13.1. The van der Waals surface area contributed by atoms with Gasteiger partial charge in [0.15, 0.2) is 17.2 Å². The number of aromatic nitrogens is 2. The number of nitrogens with zero attached hydrogens (tertiary/aromatic N) is 2. The summed E-state index contributed by atoms with van der Waals surface area (Å²) >= 11 is 0. The van der Waals surface area contributed by atoms with E-state index >= 15 is 0 Å². The lowest BCUT2D eigenvalue weighted by atomic mass is 10.1. The molecule has 0 fully saturated rings. The molecule has 0 aliphatic heterocycles. The van der Waals surface area contributed by atoms with Crippen molar-refractivity contribution in [3.8, 4) is 11.5 Å². The molecule has 0 saturated carbocycles. The molecule has 0 unspecified atom stereocenters. The van der Waals surface area contributed by atoms with Crippen molar-refractivity contribution in [2.45, 2.75) is 20.1 Å². The van der Waals surface area contributed by atoms with Gasteiger partial charge in [0.25, 0.3) is 11.5 Å². The van der Waals surface area contributed by atoms with Gasteiger partial charge < -0.3 is 19.5 Å². The molecule has 0 radical (unpaired) electrons. The number of halogens is 2. The molecule has 0 saturated heterocycles. The summed E-state index contributed by atoms with van der Waals surface area (Å²) in [6.07, 6.45) is 0. The van der Waals surface area contributed by atoms with Crippen LogP contribution >= 0.6 is 0 Å². The smallest absolute Gasteiger partial charge is 0.387 e. The van der Waals surface area contributed by atoms with Crippen molar-refractivity contribution < 1.29 is 32.6 Å². The highest BCUT2D eigenvalue weighted by Gasteiger charge is 2.23. The van der Waals surface area contributed by atoms with E-state index in [9.17, 15) is 23.2 Å². The first kappa shape index (κ1) is 22.7. The lowest BCUT2D eigenvalue weighted by Gasteiger charge is -2.16. The van der Waals surface area contributed by atoms with Gasteiger partial charge in [0.1, 0.15) is 0 Å². The van der Waals surface area contributed by atoms with Crippen LogP contribution in [-0.4, -0.2) is 42.5 Å². The number of alkyl halides is 2. The molecule has 0 spiro atoms. The van der Waals surface area contributed by atoms with Crippen molar-refractivity contribution in [1.29, 1.82) is 0 Å². The lowest BCUT2D eigenvalue weighted by molar-refractivity contribution is -0.0511. The largest absolute Gasteiger partial charge is 0.493 e. The van der Waals surface area contributed by atoms with Crippen LogP contribution in [0.4, 0.5) is 14.5 Å². The van der Waals surface area contributed by atoms with Crippen LogP contribution < -0.4 is 20.3 Å². The maximum atomic E-state index is 13.1. The average Bonchev–Trinajstić information content (AvgIpc) is 2.78. The molecule has 0 atom stereocenters. The fraction of sp³-hybridized carbons (Fsp3) is 0.238. The minimum absolute atomic E-state index is 0.0926. The van der Waals surface area contributed by atoms with Gasteiger partial charge in [-0.2, -0.15) is 13.9 Å². The Morgan fingerprint density at radius 2 is 1.81 bits per heavy atom. The Balaban J connectivity index is 2.14. The number of carbonyl (C=O) groups is 2. The summed E-state index contributed by atoms with van der Waals surface area (Å²) < 4.78 is 40.9. The fourth-order valence-corrected chi connectivity index (χ4v) is 3.09. The number of hydrogen-bond acceptors (Lipinski definition) is 7. The van der Waals surface area contributed by atoms with Crippen molar-refractivity contribution in [1.82, 2.24) is 9.78 Å². The molecule has 32 heavy (non-hydrogen) atoms. The highest BCUT2D eigenvalue weighted by Crippen LogP contribution is 2.35. The number of rotatable bonds is 7. The number of methoxy groups -OCH3 is 2. The molecule has 1 N–H and O–H groups in total. The maximum Gasteiger partial charge on any atom is 0.387 e. The Bertz CT molecular complexity index is 1240. The lowest BCUT2D eigenvalue weighted by Crippen LogP contribution is -2.27. The van der Waals surface area contributed by atoms with E-state index in [1.165, 1.54) is 7.11 Å². The van der Waals surface area contributed by atoms with Gasteiger partial charge in [0, 0.05) is 24.1 Å². The van der Waals surface area contributed by atoms with E-state index in [1.807, 2.05) is 0 Å². The van der Waals surface area contributed by atoms with Gasteiger partial charge in [-0.25, -0.2) is 9.48 Å². The summed E-state index contributed by atoms with van der Waals surface area (Å²) in [5.41, 5.74) is -0.789. The zero-order valence-corrected chi connectivity index (χ0v) is 17.3. The third kappa shape index (κ3) is 4.36. The first-order valence-electron chi connectivity index (χ1n) is 9.37. The van der Waals surface area contributed by atoms with Gasteiger partial charge in [0.2, 0.25) is 0 Å². The van der Waals surface area contributed by atoms with E-state index in [2.05, 4.69) is 15.2 Å². The molecule has 1 amide bonds. The van der Waals surface area contributed by atoms with Crippen LogP contribution in [0.25, 0.3) is 10.8 Å². The summed E-state index contributed by atoms with van der Waals surface area (Å²) in [5.74, 6) is -2.19. The summed E-state index contributed by atoms with van der Waals surface area (Å²) in [4.78, 5) is 37.8. The van der Waals surface area contributed by atoms with Gasteiger partial charge in [0.05, 0.1) is 30.9 Å². The second-order valence-corrected chi connectivity index (χ2v) is 6.39. The van der Waals surface area contributed by atoms with E-state index in [-0.39, 0.29) is 45.6 Å². The molecular weight excluding hydrogens is 428 g/mol. The van der Waals surface area contributed by atoms with Gasteiger partial charge in [-0.3, -0.25) is 9.59 Å². The molecule has 1 heterocycles. The Kier molecular flexibility index (Phi) is 6.67. The molecule has 11 heteroatoms. The van der Waals surface area contributed by atoms with Crippen LogP contribution in [0.1, 0.15) is 27.8 Å². The van der Waals surface area contributed by atoms with Crippen molar-refractivity contribution in [2.24, 2.45) is 0 Å². The SMILES string of the molecule is CCn1nc(C(=O)Nc2cc(OC(F)F)c(OC)cc2C(=O)OC)c2ccccc2c1=O. The number of esters is 1. The zero-order chi connectivity index (χ0) is 23.4. The number of ether oxygens (including phenoxy) is 3. The first-order valence-corrected chi connectivity index (χ1v) is 9.37. The Hall–Kier alpha value is -4.02. The number of hydrogen-bond donors (Lipinski definition) is 1. The minimum atomic E-state index is -3.17. The third-order valence-electron chi connectivity index (χ3n) is 4.56. The van der Waals surface area contributed by atoms with Gasteiger partial charge in [-0.05, 0) is 13.0 Å². The summed E-state index contributed by atoms with van der Waals surface area (Å²) in [6, 6.07) is 8.53. The fourth-order valence-electron chi connectivity index (χ4n) is 3.09. The number of fused-ring (bicyclic) bond motifs is 1. The Morgan fingerprint density at radius 3 is 2.41 bits per heavy atom. The van der Waals surface area contributed by atoms with E-state index in [4.69, 9.17) is 9.47 Å². The van der Waals surface area contributed by atoms with E-state index < -0.39 is 24.2 Å². The number of amides is 1. The molecule has 2 aromatic carbocycles. The predicted octanol–water partition coefficient (Wildman–Crippen LogP) is 3.07. The molecule has 0 bridgehead atoms. The van der Waals surface area contributed by atoms with Crippen LogP contribution in [0, 0.1) is 0 Å². The van der Waals surface area contributed by atoms with Gasteiger partial charge in [-0.1, -0.05) is 18.2 Å². The van der Waals surface area contributed by atoms with Crippen LogP contribution in [-0.2, 0) is 11.3 Å². The van der Waals surface area contributed by atoms with Gasteiger partial charge in [-0.15, -0.1) is 0 Å². The second kappa shape index (κ2) is 9.41. The van der Waals surface area contributed by atoms with Crippen molar-refractivity contribution in [3.05, 3.63) is 58.0 Å². The van der Waals surface area contributed by atoms with Crippen LogP contribution in [0.2, 0.25) is 0 Å². The summed E-state index contributed by atoms with van der Waals surface area (Å²) in [5, 5.41) is 7.15. The number of aryl methyl sites for hydroxylation is 1. The van der Waals surface area contributed by atoms with Crippen LogP contribution in [0.15, 0.2) is 41.2 Å². The molecule has 0 aliphatic carbocycles. The zero-order valence-electron chi connectivity index (χ0n) is 17.3. The molecule has 3 rings (SSSR count). The van der Waals surface area contributed by atoms with E-state index in [1.54, 1.807) is 31.2 Å². The number of carbonyl (C=O) groups excluding carboxylic acids is 2. The number of anilines is 1. The molecule has 0 aliphatic rings. The molecule has 1 aromatic heterocycles. The van der Waals surface area contributed by atoms with Crippen molar-refractivity contribution >= 4 is 28.3 Å². The van der Waals surface area contributed by atoms with Crippen molar-refractivity contribution in [3.63, 3.8) is 0 Å². The summed E-state index contributed by atoms with van der Waals surface area (Å²) in [7, 11) is 2.33. The molecule has 9 nitrogen and oxygen atoms in total. The molecular formula is C21H19F2N3O6. The molecule has 3 aromatic rings. The van der Waals surface area contributed by atoms with E-state index in [0.717, 1.165) is 23.9 Å². The van der Waals surface area contributed by atoms with Crippen LogP contribution in [0.5, 0.6) is 11.5 Å². The topological polar surface area (TPSA) is 109 Å². The number of benzene rings is 2. The van der Waals surface area contributed by atoms with Gasteiger partial charge >= 0.3 is 12.6 Å². The Labute approximate surface area is 180 Å². The highest BCUT2D eigenvalue weighted by molar-refractivity contribution is 6.13. The van der Waals surface area contributed by atoms with Crippen LogP contribution in [0.3, 0.4) is 0 Å². The predicted molar refractivity (Wildman–Crippen MR) is 111 cm³/mol. The van der Waals surface area contributed by atoms with Crippen molar-refractivity contribution in [2.75, 3.05) is 19.5 Å². The van der Waals surface area contributed by atoms with E-state index in [0.29, 0.717) is 0 Å². The average molecular weight is 447 g/mol. The standard InChI is InChI=1S/C21H19F2N3O6/c1-4-26-19(28)12-8-6-5-7-11(12)17(25-26)18(27)24-14-10-16(32-21(22)23)15(30-2)9-13(14)20(29)31-3/h5-10,21H,4H2,1-3H3,(H,24,27). The highest BCUT2D eigenvalue weighted by atomic mass is 19.3. The first-order chi connectivity index (χ1) is 15.3. The minimum Gasteiger partial charge on any atom is -0.493 e. The normalized spacial score (nSPS) is 10.8. The quantitative estimate of drug-likeness (QED) is 0.555. The molecule has 168 valence electrons. The summed E-state index contributed by atoms with van der Waals surface area (Å²) in [6.45, 7) is -1.26. The monoisotopic (exact) mass is 447 g/mol. The third-order valence-corrected chi connectivity index (χ3v) is 4.56. The second-order valence-electron chi connectivity index (χ2n) is 6.39. The Morgan fingerprint density at radius 1 is 1.12 bits per heavy atom. The number of nitrogens with one attached hydrogen (secondary N) is 1.